The van der Waals surface area contributed by atoms with E-state index in [2.05, 4.69) is 0 Å². The van der Waals surface area contributed by atoms with Crippen LogP contribution in [0.1, 0.15) is 5.56 Å². The number of hydrogen-bond acceptors (Lipinski definition) is 3. The van der Waals surface area contributed by atoms with Crippen LogP contribution in [0.2, 0.25) is 0 Å². The highest BCUT2D eigenvalue weighted by Gasteiger charge is 2.27. The monoisotopic (exact) mass is 216 g/mol. The first kappa shape index (κ1) is 10.1. The summed E-state index contributed by atoms with van der Waals surface area (Å²) < 4.78 is 13.5. The minimum atomic E-state index is -0.774. The Morgan fingerprint density at radius 2 is 1.81 bits per heavy atom. The lowest BCUT2D eigenvalue weighted by atomic mass is 10.2. The molecule has 0 fully saturated rings. The van der Waals surface area contributed by atoms with Crippen molar-refractivity contribution in [3.63, 3.8) is 0 Å². The summed E-state index contributed by atoms with van der Waals surface area (Å²) in [6, 6.07) is 5.32. The molecular weight excluding hydrogens is 211 g/mol. The minimum Gasteiger partial charge on any atom is -0.269 e. The first-order valence-electron chi connectivity index (χ1n) is 4.39. The molecular formula is C11H5FN2O2. The van der Waals surface area contributed by atoms with E-state index in [1.165, 1.54) is 12.1 Å². The van der Waals surface area contributed by atoms with Crippen LogP contribution in [-0.2, 0) is 9.59 Å². The summed E-state index contributed by atoms with van der Waals surface area (Å²) in [7, 11) is 0. The van der Waals surface area contributed by atoms with E-state index in [1.54, 1.807) is 6.07 Å². The molecule has 0 spiro atoms. The number of rotatable bonds is 1. The van der Waals surface area contributed by atoms with E-state index < -0.39 is 17.6 Å². The van der Waals surface area contributed by atoms with Crippen molar-refractivity contribution in [3.05, 3.63) is 41.7 Å². The number of imide groups is 1. The molecule has 0 saturated heterocycles. The Bertz CT molecular complexity index is 540. The van der Waals surface area contributed by atoms with Crippen LogP contribution >= 0.6 is 0 Å². The van der Waals surface area contributed by atoms with E-state index in [1.807, 2.05) is 0 Å². The quantitative estimate of drug-likeness (QED) is 0.661. The second-order valence-corrected chi connectivity index (χ2v) is 3.12. The maximum absolute atomic E-state index is 13.5. The zero-order valence-electron chi connectivity index (χ0n) is 7.98. The molecule has 1 aliphatic heterocycles. The van der Waals surface area contributed by atoms with Gasteiger partial charge in [-0.2, -0.15) is 5.26 Å². The van der Waals surface area contributed by atoms with Crippen LogP contribution in [0.25, 0.3) is 0 Å². The number of carbonyl (C=O) groups excluding carboxylic acids is 2. The van der Waals surface area contributed by atoms with Crippen LogP contribution in [-0.4, -0.2) is 11.8 Å². The zero-order chi connectivity index (χ0) is 11.7. The van der Waals surface area contributed by atoms with Crippen molar-refractivity contribution in [3.8, 4) is 6.07 Å². The lowest BCUT2D eigenvalue weighted by Crippen LogP contribution is -2.30. The van der Waals surface area contributed by atoms with Crippen LogP contribution in [0.15, 0.2) is 30.4 Å². The lowest BCUT2D eigenvalue weighted by Gasteiger charge is -2.14. The van der Waals surface area contributed by atoms with E-state index >= 15 is 0 Å². The average Bonchev–Trinajstić information content (AvgIpc) is 2.59. The molecule has 0 aliphatic carbocycles. The molecule has 5 heteroatoms. The highest BCUT2D eigenvalue weighted by molar-refractivity contribution is 6.28. The Kier molecular flexibility index (Phi) is 2.25. The fourth-order valence-corrected chi connectivity index (χ4v) is 1.40. The number of halogens is 1. The maximum Gasteiger partial charge on any atom is 0.258 e. The van der Waals surface area contributed by atoms with Gasteiger partial charge in [0.1, 0.15) is 5.82 Å². The SMILES string of the molecule is N#Cc1ccc(N2C(=O)C=CC2=O)c(F)c1. The van der Waals surface area contributed by atoms with Gasteiger partial charge in [0.05, 0.1) is 17.3 Å². The Labute approximate surface area is 90.2 Å². The Morgan fingerprint density at radius 3 is 2.31 bits per heavy atom. The number of benzene rings is 1. The summed E-state index contributed by atoms with van der Waals surface area (Å²) in [6.45, 7) is 0. The second-order valence-electron chi connectivity index (χ2n) is 3.12. The van der Waals surface area contributed by atoms with Crippen LogP contribution < -0.4 is 4.90 Å². The van der Waals surface area contributed by atoms with Gasteiger partial charge in [-0.25, -0.2) is 9.29 Å². The van der Waals surface area contributed by atoms with Gasteiger partial charge < -0.3 is 0 Å². The van der Waals surface area contributed by atoms with Crippen molar-refractivity contribution in [2.75, 3.05) is 4.90 Å². The van der Waals surface area contributed by atoms with E-state index in [0.29, 0.717) is 0 Å². The molecule has 4 nitrogen and oxygen atoms in total. The first-order valence-corrected chi connectivity index (χ1v) is 4.39. The highest BCUT2D eigenvalue weighted by Crippen LogP contribution is 2.23. The Hall–Kier alpha value is -2.48. The Balaban J connectivity index is 2.47. The zero-order valence-corrected chi connectivity index (χ0v) is 7.98. The van der Waals surface area contributed by atoms with E-state index in [-0.39, 0.29) is 11.3 Å². The summed E-state index contributed by atoms with van der Waals surface area (Å²) in [5.41, 5.74) is -0.00713. The predicted octanol–water partition coefficient (Wildman–Crippen LogP) is 1.13. The van der Waals surface area contributed by atoms with Gasteiger partial charge in [-0.3, -0.25) is 9.59 Å². The summed E-state index contributed by atoms with van der Waals surface area (Å²) in [6.07, 6.45) is 2.14. The van der Waals surface area contributed by atoms with Crippen LogP contribution in [0, 0.1) is 17.1 Å². The molecule has 0 aromatic heterocycles. The third-order valence-corrected chi connectivity index (χ3v) is 2.13. The summed E-state index contributed by atoms with van der Waals surface area (Å²) in [5, 5.41) is 8.55. The molecule has 78 valence electrons. The van der Waals surface area contributed by atoms with Crippen molar-refractivity contribution in [1.29, 1.82) is 5.26 Å². The molecule has 1 aliphatic rings. The Morgan fingerprint density at radius 1 is 1.19 bits per heavy atom. The number of amides is 2. The largest absolute Gasteiger partial charge is 0.269 e. The molecule has 2 amide bonds. The summed E-state index contributed by atoms with van der Waals surface area (Å²) in [5.74, 6) is -1.95. The standard InChI is InChI=1S/C11H5FN2O2/c12-8-5-7(6-13)1-2-9(8)14-10(15)3-4-11(14)16/h1-5H. The van der Waals surface area contributed by atoms with Gasteiger partial charge in [0.25, 0.3) is 11.8 Å². The van der Waals surface area contributed by atoms with E-state index in [9.17, 15) is 14.0 Å². The normalized spacial score (nSPS) is 14.4. The van der Waals surface area contributed by atoms with Crippen molar-refractivity contribution >= 4 is 17.5 Å². The molecule has 0 bridgehead atoms. The molecule has 0 unspecified atom stereocenters. The smallest absolute Gasteiger partial charge is 0.258 e. The third kappa shape index (κ3) is 1.46. The van der Waals surface area contributed by atoms with Crippen molar-refractivity contribution in [2.24, 2.45) is 0 Å². The third-order valence-electron chi connectivity index (χ3n) is 2.13. The van der Waals surface area contributed by atoms with Crippen LogP contribution in [0.3, 0.4) is 0 Å². The summed E-state index contributed by atoms with van der Waals surface area (Å²) in [4.78, 5) is 23.3. The van der Waals surface area contributed by atoms with Crippen molar-refractivity contribution in [1.82, 2.24) is 0 Å². The fraction of sp³-hybridized carbons (Fsp3) is 0. The molecule has 1 heterocycles. The number of hydrogen-bond donors (Lipinski definition) is 0. The molecule has 1 aromatic carbocycles. The lowest BCUT2D eigenvalue weighted by molar-refractivity contribution is -0.120. The summed E-state index contributed by atoms with van der Waals surface area (Å²) >= 11 is 0. The van der Waals surface area contributed by atoms with E-state index in [0.717, 1.165) is 23.1 Å². The fourth-order valence-electron chi connectivity index (χ4n) is 1.40. The van der Waals surface area contributed by atoms with Gasteiger partial charge >= 0.3 is 0 Å². The van der Waals surface area contributed by atoms with Crippen molar-refractivity contribution in [2.45, 2.75) is 0 Å². The average molecular weight is 216 g/mol. The molecule has 16 heavy (non-hydrogen) atoms. The van der Waals surface area contributed by atoms with Gasteiger partial charge in [-0.15, -0.1) is 0 Å². The van der Waals surface area contributed by atoms with Crippen LogP contribution in [0.5, 0.6) is 0 Å². The molecule has 1 aromatic rings. The van der Waals surface area contributed by atoms with Gasteiger partial charge in [-0.05, 0) is 18.2 Å². The predicted molar refractivity (Wildman–Crippen MR) is 52.7 cm³/mol. The van der Waals surface area contributed by atoms with Gasteiger partial charge in [0, 0.05) is 12.2 Å². The molecule has 0 saturated carbocycles. The topological polar surface area (TPSA) is 61.2 Å². The highest BCUT2D eigenvalue weighted by atomic mass is 19.1. The van der Waals surface area contributed by atoms with Crippen LogP contribution in [0.4, 0.5) is 10.1 Å². The molecule has 0 radical (unpaired) electrons. The first-order chi connectivity index (χ1) is 7.63. The number of nitriles is 1. The van der Waals surface area contributed by atoms with Crippen molar-refractivity contribution < 1.29 is 14.0 Å². The van der Waals surface area contributed by atoms with Gasteiger partial charge in [-0.1, -0.05) is 0 Å². The molecule has 0 atom stereocenters. The maximum atomic E-state index is 13.5. The molecule has 2 rings (SSSR count). The van der Waals surface area contributed by atoms with E-state index in [4.69, 9.17) is 5.26 Å². The van der Waals surface area contributed by atoms with Gasteiger partial charge in [0.15, 0.2) is 0 Å². The minimum absolute atomic E-state index is 0.133. The molecule has 0 N–H and O–H groups in total. The second kappa shape index (κ2) is 3.59. The number of carbonyl (C=O) groups is 2. The van der Waals surface area contributed by atoms with Gasteiger partial charge in [0.2, 0.25) is 0 Å². The number of anilines is 1. The number of nitrogens with zero attached hydrogens (tertiary/aromatic N) is 2.